The van der Waals surface area contributed by atoms with Gasteiger partial charge in [-0.15, -0.1) is 0 Å². The van der Waals surface area contributed by atoms with E-state index < -0.39 is 5.92 Å². The van der Waals surface area contributed by atoms with Gasteiger partial charge >= 0.3 is 0 Å². The summed E-state index contributed by atoms with van der Waals surface area (Å²) >= 11 is 0. The molecule has 5 nitrogen and oxygen atoms in total. The molecule has 0 spiro atoms. The van der Waals surface area contributed by atoms with Crippen LogP contribution >= 0.6 is 0 Å². The molecule has 1 heterocycles. The van der Waals surface area contributed by atoms with Crippen LogP contribution in [0.5, 0.6) is 5.75 Å². The number of benzene rings is 3. The second-order valence-corrected chi connectivity index (χ2v) is 8.49. The molecule has 0 saturated heterocycles. The van der Waals surface area contributed by atoms with Crippen LogP contribution < -0.4 is 9.64 Å². The molecule has 0 radical (unpaired) electrons. The number of amidine groups is 1. The van der Waals surface area contributed by atoms with Crippen LogP contribution in [0.4, 0.5) is 5.69 Å². The zero-order chi connectivity index (χ0) is 23.7. The molecule has 0 saturated carbocycles. The van der Waals surface area contributed by atoms with Gasteiger partial charge in [-0.1, -0.05) is 60.7 Å². The highest BCUT2D eigenvalue weighted by Crippen LogP contribution is 2.48. The molecule has 0 amide bonds. The molecule has 3 aromatic rings. The molecule has 0 aromatic heterocycles. The van der Waals surface area contributed by atoms with Crippen LogP contribution in [0, 0.1) is 5.41 Å². The summed E-state index contributed by atoms with van der Waals surface area (Å²) in [5.74, 6) is 0.428. The standard InChI is InChI=1S/C29H26N2O3/c1-34-22-17-15-19(16-18-22)25-26-23(13-8-14-24(26)32)31(21-11-6-3-7-12-21)29(30)27(25)28(33)20-9-4-2-5-10-20/h2-7,9-12,15-18,25,30,33H,8,13-14H2,1H3/b28-27+,30-29?. The molecule has 5 rings (SSSR count). The van der Waals surface area contributed by atoms with Gasteiger partial charge in [0.15, 0.2) is 5.78 Å². The number of hydrogen-bond donors (Lipinski definition) is 2. The molecule has 5 heteroatoms. The molecule has 34 heavy (non-hydrogen) atoms. The van der Waals surface area contributed by atoms with E-state index in [0.717, 1.165) is 23.4 Å². The van der Waals surface area contributed by atoms with Crippen molar-refractivity contribution in [2.24, 2.45) is 0 Å². The van der Waals surface area contributed by atoms with Gasteiger partial charge in [0.05, 0.1) is 7.11 Å². The molecule has 0 fully saturated rings. The third-order valence-corrected chi connectivity index (χ3v) is 6.52. The minimum Gasteiger partial charge on any atom is -0.507 e. The molecule has 2 N–H and O–H groups in total. The summed E-state index contributed by atoms with van der Waals surface area (Å²) in [7, 11) is 1.61. The quantitative estimate of drug-likeness (QED) is 0.461. The summed E-state index contributed by atoms with van der Waals surface area (Å²) < 4.78 is 5.33. The average molecular weight is 451 g/mol. The molecular formula is C29H26N2O3. The number of hydrogen-bond acceptors (Lipinski definition) is 4. The van der Waals surface area contributed by atoms with Crippen molar-refractivity contribution in [2.75, 3.05) is 12.0 Å². The van der Waals surface area contributed by atoms with Gasteiger partial charge in [-0.25, -0.2) is 0 Å². The second-order valence-electron chi connectivity index (χ2n) is 8.49. The number of Topliss-reactive ketones (excluding diaryl/α,β-unsaturated/α-hetero) is 1. The van der Waals surface area contributed by atoms with Crippen LogP contribution in [0.1, 0.15) is 36.3 Å². The number of methoxy groups -OCH3 is 1. The normalized spacial score (nSPS) is 19.7. The van der Waals surface area contributed by atoms with Gasteiger partial charge in [0, 0.05) is 40.4 Å². The molecular weight excluding hydrogens is 424 g/mol. The van der Waals surface area contributed by atoms with E-state index in [4.69, 9.17) is 4.74 Å². The molecule has 1 atom stereocenters. The zero-order valence-corrected chi connectivity index (χ0v) is 19.0. The first kappa shape index (κ1) is 21.7. The van der Waals surface area contributed by atoms with Crippen LogP contribution in [0.2, 0.25) is 0 Å². The van der Waals surface area contributed by atoms with E-state index in [2.05, 4.69) is 0 Å². The van der Waals surface area contributed by atoms with E-state index in [1.54, 1.807) is 7.11 Å². The first-order valence-electron chi connectivity index (χ1n) is 11.4. The topological polar surface area (TPSA) is 73.6 Å². The first-order chi connectivity index (χ1) is 16.6. The van der Waals surface area contributed by atoms with Gasteiger partial charge in [0.25, 0.3) is 0 Å². The predicted octanol–water partition coefficient (Wildman–Crippen LogP) is 6.25. The van der Waals surface area contributed by atoms with Crippen LogP contribution in [0.15, 0.2) is 102 Å². The number of carbonyl (C=O) groups is 1. The van der Waals surface area contributed by atoms with Crippen LogP contribution in [0.3, 0.4) is 0 Å². The van der Waals surface area contributed by atoms with Crippen LogP contribution in [0.25, 0.3) is 5.76 Å². The van der Waals surface area contributed by atoms with Gasteiger partial charge in [-0.05, 0) is 42.7 Å². The monoisotopic (exact) mass is 450 g/mol. The Kier molecular flexibility index (Phi) is 5.76. The first-order valence-corrected chi connectivity index (χ1v) is 11.4. The van der Waals surface area contributed by atoms with Gasteiger partial charge in [-0.3, -0.25) is 15.1 Å². The van der Waals surface area contributed by atoms with Crippen LogP contribution in [-0.2, 0) is 4.79 Å². The number of aliphatic hydroxyl groups excluding tert-OH is 1. The lowest BCUT2D eigenvalue weighted by Gasteiger charge is -2.41. The van der Waals surface area contributed by atoms with Gasteiger partial charge in [0.1, 0.15) is 17.3 Å². The fourth-order valence-corrected chi connectivity index (χ4v) is 4.94. The molecule has 2 aliphatic rings. The fraction of sp³-hybridized carbons (Fsp3) is 0.172. The lowest BCUT2D eigenvalue weighted by Crippen LogP contribution is -2.42. The Morgan fingerprint density at radius 2 is 1.59 bits per heavy atom. The van der Waals surface area contributed by atoms with Crippen molar-refractivity contribution in [3.63, 3.8) is 0 Å². The number of carbonyl (C=O) groups excluding carboxylic acids is 1. The highest BCUT2D eigenvalue weighted by Gasteiger charge is 2.43. The number of aliphatic hydroxyl groups is 1. The van der Waals surface area contributed by atoms with Crippen LogP contribution in [-0.4, -0.2) is 23.8 Å². The molecule has 170 valence electrons. The molecule has 1 unspecified atom stereocenters. The number of para-hydroxylation sites is 1. The number of ether oxygens (including phenoxy) is 1. The van der Waals surface area contributed by atoms with Gasteiger partial charge in [0.2, 0.25) is 0 Å². The van der Waals surface area contributed by atoms with Crippen molar-refractivity contribution in [3.05, 3.63) is 113 Å². The Bertz CT molecular complexity index is 1290. The van der Waals surface area contributed by atoms with Crippen molar-refractivity contribution >= 4 is 23.1 Å². The molecule has 1 aliphatic heterocycles. The minimum atomic E-state index is -0.540. The molecule has 1 aliphatic carbocycles. The summed E-state index contributed by atoms with van der Waals surface area (Å²) in [6.07, 6.45) is 1.90. The summed E-state index contributed by atoms with van der Waals surface area (Å²) in [6.45, 7) is 0. The van der Waals surface area contributed by atoms with E-state index in [-0.39, 0.29) is 17.4 Å². The summed E-state index contributed by atoms with van der Waals surface area (Å²) in [6, 6.07) is 26.4. The zero-order valence-electron chi connectivity index (χ0n) is 19.0. The largest absolute Gasteiger partial charge is 0.507 e. The summed E-state index contributed by atoms with van der Waals surface area (Å²) in [5, 5.41) is 20.8. The maximum atomic E-state index is 13.4. The number of anilines is 1. The van der Waals surface area contributed by atoms with Crippen molar-refractivity contribution in [3.8, 4) is 5.75 Å². The Labute approximate surface area is 199 Å². The van der Waals surface area contributed by atoms with Gasteiger partial charge in [-0.2, -0.15) is 0 Å². The number of nitrogens with one attached hydrogen (secondary N) is 1. The van der Waals surface area contributed by atoms with Gasteiger partial charge < -0.3 is 9.84 Å². The SMILES string of the molecule is COc1ccc(C2C3=C(CCCC3=O)N(c3ccccc3)C(=N)/C2=C(/O)c2ccccc2)cc1. The molecule has 3 aromatic carbocycles. The average Bonchev–Trinajstić information content (AvgIpc) is 2.89. The Balaban J connectivity index is 1.81. The van der Waals surface area contributed by atoms with Crippen molar-refractivity contribution < 1.29 is 14.6 Å². The summed E-state index contributed by atoms with van der Waals surface area (Å²) in [5.41, 5.74) is 4.20. The third-order valence-electron chi connectivity index (χ3n) is 6.52. The number of nitrogens with zero attached hydrogens (tertiary/aromatic N) is 1. The predicted molar refractivity (Wildman–Crippen MR) is 134 cm³/mol. The lowest BCUT2D eigenvalue weighted by molar-refractivity contribution is -0.116. The number of rotatable bonds is 4. The molecule has 0 bridgehead atoms. The highest BCUT2D eigenvalue weighted by molar-refractivity contribution is 6.19. The minimum absolute atomic E-state index is 0.0114. The van der Waals surface area contributed by atoms with E-state index in [0.29, 0.717) is 35.3 Å². The van der Waals surface area contributed by atoms with E-state index >= 15 is 0 Å². The fourth-order valence-electron chi connectivity index (χ4n) is 4.94. The highest BCUT2D eigenvalue weighted by atomic mass is 16.5. The lowest BCUT2D eigenvalue weighted by atomic mass is 9.73. The van der Waals surface area contributed by atoms with Crippen molar-refractivity contribution in [1.29, 1.82) is 5.41 Å². The second kappa shape index (κ2) is 9.02. The summed E-state index contributed by atoms with van der Waals surface area (Å²) in [4.78, 5) is 15.3. The Morgan fingerprint density at radius 1 is 0.941 bits per heavy atom. The van der Waals surface area contributed by atoms with Crippen molar-refractivity contribution in [1.82, 2.24) is 0 Å². The maximum absolute atomic E-state index is 13.4. The van der Waals surface area contributed by atoms with E-state index in [1.165, 1.54) is 0 Å². The Hall–Kier alpha value is -4.12. The Morgan fingerprint density at radius 3 is 2.24 bits per heavy atom. The maximum Gasteiger partial charge on any atom is 0.161 e. The number of allylic oxidation sites excluding steroid dienone is 2. The van der Waals surface area contributed by atoms with E-state index in [1.807, 2.05) is 89.8 Å². The number of ketones is 1. The van der Waals surface area contributed by atoms with Crippen molar-refractivity contribution in [2.45, 2.75) is 25.2 Å². The smallest absolute Gasteiger partial charge is 0.161 e. The third kappa shape index (κ3) is 3.69. The van der Waals surface area contributed by atoms with E-state index in [9.17, 15) is 15.3 Å².